The van der Waals surface area contributed by atoms with Crippen LogP contribution in [0.2, 0.25) is 0 Å². The maximum Gasteiger partial charge on any atom is 0.337 e. The molecule has 1 aliphatic carbocycles. The zero-order valence-electron chi connectivity index (χ0n) is 10.4. The molecule has 3 rings (SSSR count). The molecule has 0 aliphatic heterocycles. The Bertz CT molecular complexity index is 582. The molecule has 4 heteroatoms. The molecule has 0 N–H and O–H groups in total. The SMILES string of the molecule is COC(=O)c1ccc2cnn(C3CCCC3)c2c1. The largest absolute Gasteiger partial charge is 0.465 e. The highest BCUT2D eigenvalue weighted by Crippen LogP contribution is 2.31. The molecule has 0 bridgehead atoms. The highest BCUT2D eigenvalue weighted by molar-refractivity contribution is 5.94. The fourth-order valence-corrected chi connectivity index (χ4v) is 2.72. The Morgan fingerprint density at radius 1 is 1.39 bits per heavy atom. The van der Waals surface area contributed by atoms with Gasteiger partial charge in [-0.1, -0.05) is 18.9 Å². The van der Waals surface area contributed by atoms with E-state index in [2.05, 4.69) is 9.78 Å². The number of rotatable bonds is 2. The van der Waals surface area contributed by atoms with Crippen LogP contribution in [-0.2, 0) is 4.74 Å². The van der Waals surface area contributed by atoms with Crippen molar-refractivity contribution in [3.63, 3.8) is 0 Å². The van der Waals surface area contributed by atoms with Crippen LogP contribution in [0.5, 0.6) is 0 Å². The van der Waals surface area contributed by atoms with E-state index in [4.69, 9.17) is 4.74 Å². The number of benzene rings is 1. The molecule has 1 fully saturated rings. The van der Waals surface area contributed by atoms with Crippen molar-refractivity contribution in [3.8, 4) is 0 Å². The Morgan fingerprint density at radius 2 is 2.17 bits per heavy atom. The smallest absolute Gasteiger partial charge is 0.337 e. The van der Waals surface area contributed by atoms with Crippen molar-refractivity contribution in [2.24, 2.45) is 0 Å². The van der Waals surface area contributed by atoms with Crippen molar-refractivity contribution in [1.29, 1.82) is 0 Å². The lowest BCUT2D eigenvalue weighted by Crippen LogP contribution is -2.07. The predicted octanol–water partition coefficient (Wildman–Crippen LogP) is 2.94. The number of carbonyl (C=O) groups excluding carboxylic acids is 1. The van der Waals surface area contributed by atoms with Gasteiger partial charge in [-0.2, -0.15) is 5.10 Å². The highest BCUT2D eigenvalue weighted by Gasteiger charge is 2.20. The van der Waals surface area contributed by atoms with Gasteiger partial charge in [0.2, 0.25) is 0 Å². The Kier molecular flexibility index (Phi) is 2.78. The fourth-order valence-electron chi connectivity index (χ4n) is 2.72. The molecule has 94 valence electrons. The molecular formula is C14H16N2O2. The molecular weight excluding hydrogens is 228 g/mol. The first kappa shape index (κ1) is 11.3. The lowest BCUT2D eigenvalue weighted by Gasteiger charge is -2.11. The normalized spacial score (nSPS) is 16.3. The molecule has 4 nitrogen and oxygen atoms in total. The predicted molar refractivity (Wildman–Crippen MR) is 68.6 cm³/mol. The number of ether oxygens (including phenoxy) is 1. The second-order valence-corrected chi connectivity index (χ2v) is 4.79. The van der Waals surface area contributed by atoms with Gasteiger partial charge in [0.15, 0.2) is 0 Å². The summed E-state index contributed by atoms with van der Waals surface area (Å²) < 4.78 is 6.82. The summed E-state index contributed by atoms with van der Waals surface area (Å²) in [7, 11) is 1.40. The molecule has 0 spiro atoms. The lowest BCUT2D eigenvalue weighted by atomic mass is 10.1. The molecule has 2 aromatic rings. The number of fused-ring (bicyclic) bond motifs is 1. The quantitative estimate of drug-likeness (QED) is 0.763. The van der Waals surface area contributed by atoms with E-state index in [-0.39, 0.29) is 5.97 Å². The third-order valence-corrected chi connectivity index (χ3v) is 3.69. The van der Waals surface area contributed by atoms with Crippen LogP contribution in [0.4, 0.5) is 0 Å². The van der Waals surface area contributed by atoms with Gasteiger partial charge in [0.1, 0.15) is 0 Å². The van der Waals surface area contributed by atoms with Crippen LogP contribution in [0.25, 0.3) is 10.9 Å². The van der Waals surface area contributed by atoms with Gasteiger partial charge in [0, 0.05) is 5.39 Å². The highest BCUT2D eigenvalue weighted by atomic mass is 16.5. The van der Waals surface area contributed by atoms with Crippen molar-refractivity contribution < 1.29 is 9.53 Å². The molecule has 18 heavy (non-hydrogen) atoms. The summed E-state index contributed by atoms with van der Waals surface area (Å²) >= 11 is 0. The van der Waals surface area contributed by atoms with E-state index in [0.717, 1.165) is 10.9 Å². The van der Waals surface area contributed by atoms with E-state index in [1.165, 1.54) is 32.8 Å². The second kappa shape index (κ2) is 4.44. The van der Waals surface area contributed by atoms with E-state index in [9.17, 15) is 4.79 Å². The first-order chi connectivity index (χ1) is 8.79. The Morgan fingerprint density at radius 3 is 2.89 bits per heavy atom. The van der Waals surface area contributed by atoms with Crippen molar-refractivity contribution in [2.45, 2.75) is 31.7 Å². The van der Waals surface area contributed by atoms with Crippen molar-refractivity contribution >= 4 is 16.9 Å². The summed E-state index contributed by atoms with van der Waals surface area (Å²) in [5, 5.41) is 5.55. The van der Waals surface area contributed by atoms with E-state index in [1.54, 1.807) is 6.07 Å². The van der Waals surface area contributed by atoms with Gasteiger partial charge < -0.3 is 4.74 Å². The molecule has 1 aromatic carbocycles. The van der Waals surface area contributed by atoms with Gasteiger partial charge in [0.05, 0.1) is 30.4 Å². The fraction of sp³-hybridized carbons (Fsp3) is 0.429. The summed E-state index contributed by atoms with van der Waals surface area (Å²) in [5.74, 6) is -0.295. The van der Waals surface area contributed by atoms with Gasteiger partial charge >= 0.3 is 5.97 Å². The zero-order chi connectivity index (χ0) is 12.5. The Balaban J connectivity index is 2.07. The van der Waals surface area contributed by atoms with Crippen LogP contribution in [0.1, 0.15) is 42.1 Å². The van der Waals surface area contributed by atoms with Crippen LogP contribution >= 0.6 is 0 Å². The topological polar surface area (TPSA) is 44.1 Å². The van der Waals surface area contributed by atoms with Crippen LogP contribution in [0.3, 0.4) is 0 Å². The van der Waals surface area contributed by atoms with E-state index in [0.29, 0.717) is 11.6 Å². The molecule has 1 saturated carbocycles. The molecule has 0 atom stereocenters. The average molecular weight is 244 g/mol. The van der Waals surface area contributed by atoms with Crippen LogP contribution < -0.4 is 0 Å². The van der Waals surface area contributed by atoms with Crippen molar-refractivity contribution in [1.82, 2.24) is 9.78 Å². The Hall–Kier alpha value is -1.84. The minimum atomic E-state index is -0.295. The Labute approximate surface area is 106 Å². The molecule has 0 radical (unpaired) electrons. The lowest BCUT2D eigenvalue weighted by molar-refractivity contribution is 0.0601. The van der Waals surface area contributed by atoms with Gasteiger partial charge in [-0.3, -0.25) is 4.68 Å². The number of carbonyl (C=O) groups is 1. The maximum absolute atomic E-state index is 11.6. The number of aromatic nitrogens is 2. The van der Waals surface area contributed by atoms with Gasteiger partial charge in [-0.15, -0.1) is 0 Å². The van der Waals surface area contributed by atoms with E-state index in [1.807, 2.05) is 18.3 Å². The summed E-state index contributed by atoms with van der Waals surface area (Å²) in [6, 6.07) is 6.08. The van der Waals surface area contributed by atoms with Crippen molar-refractivity contribution in [3.05, 3.63) is 30.0 Å². The standard InChI is InChI=1S/C14H16N2O2/c1-18-14(17)10-6-7-11-9-15-16(13(11)8-10)12-4-2-3-5-12/h6-9,12H,2-5H2,1H3. The van der Waals surface area contributed by atoms with Crippen LogP contribution in [0, 0.1) is 0 Å². The summed E-state index contributed by atoms with van der Waals surface area (Å²) in [6.45, 7) is 0. The molecule has 0 amide bonds. The average Bonchev–Trinajstić information content (AvgIpc) is 3.05. The zero-order valence-corrected chi connectivity index (χ0v) is 10.4. The molecule has 0 saturated heterocycles. The monoisotopic (exact) mass is 244 g/mol. The van der Waals surface area contributed by atoms with Crippen molar-refractivity contribution in [2.75, 3.05) is 7.11 Å². The molecule has 1 aliphatic rings. The number of esters is 1. The first-order valence-electron chi connectivity index (χ1n) is 6.35. The molecule has 1 aromatic heterocycles. The van der Waals surface area contributed by atoms with E-state index >= 15 is 0 Å². The third-order valence-electron chi connectivity index (χ3n) is 3.69. The molecule has 0 unspecified atom stereocenters. The summed E-state index contributed by atoms with van der Waals surface area (Å²) in [5.41, 5.74) is 1.62. The number of methoxy groups -OCH3 is 1. The minimum Gasteiger partial charge on any atom is -0.465 e. The first-order valence-corrected chi connectivity index (χ1v) is 6.35. The maximum atomic E-state index is 11.6. The summed E-state index contributed by atoms with van der Waals surface area (Å²) in [6.07, 6.45) is 6.76. The number of nitrogens with zero attached hydrogens (tertiary/aromatic N) is 2. The van der Waals surface area contributed by atoms with Crippen LogP contribution in [0.15, 0.2) is 24.4 Å². The minimum absolute atomic E-state index is 0.295. The summed E-state index contributed by atoms with van der Waals surface area (Å²) in [4.78, 5) is 11.6. The molecule has 1 heterocycles. The van der Waals surface area contributed by atoms with Gasteiger partial charge in [-0.05, 0) is 25.0 Å². The third kappa shape index (κ3) is 1.78. The number of hydrogen-bond acceptors (Lipinski definition) is 3. The number of hydrogen-bond donors (Lipinski definition) is 0. The van der Waals surface area contributed by atoms with Gasteiger partial charge in [0.25, 0.3) is 0 Å². The van der Waals surface area contributed by atoms with Crippen LogP contribution in [-0.4, -0.2) is 22.9 Å². The van der Waals surface area contributed by atoms with Gasteiger partial charge in [-0.25, -0.2) is 4.79 Å². The second-order valence-electron chi connectivity index (χ2n) is 4.79. The van der Waals surface area contributed by atoms with E-state index < -0.39 is 0 Å².